The first kappa shape index (κ1) is 8.53. The topological polar surface area (TPSA) is 41.1 Å². The minimum Gasteiger partial charge on any atom is -0.339 e. The molecule has 3 heteroatoms. The standard InChI is InChI=1S/C8H16N2O/c1-7(2)5-6(11)9-8(3,4)10-7/h10H,5H2,1-4H3,(H,9,11). The van der Waals surface area contributed by atoms with Gasteiger partial charge in [0.2, 0.25) is 5.91 Å². The van der Waals surface area contributed by atoms with E-state index in [4.69, 9.17) is 0 Å². The monoisotopic (exact) mass is 156 g/mol. The van der Waals surface area contributed by atoms with Crippen LogP contribution in [0.1, 0.15) is 34.1 Å². The molecule has 1 rings (SSSR count). The molecule has 1 aliphatic heterocycles. The first-order valence-corrected chi connectivity index (χ1v) is 3.91. The zero-order chi connectivity index (χ0) is 8.70. The summed E-state index contributed by atoms with van der Waals surface area (Å²) in [6.45, 7) is 8.00. The Labute approximate surface area is 67.5 Å². The van der Waals surface area contributed by atoms with E-state index in [1.165, 1.54) is 0 Å². The highest BCUT2D eigenvalue weighted by atomic mass is 16.2. The first-order valence-electron chi connectivity index (χ1n) is 3.91. The summed E-state index contributed by atoms with van der Waals surface area (Å²) in [6.07, 6.45) is 0.552. The average molecular weight is 156 g/mol. The molecule has 11 heavy (non-hydrogen) atoms. The van der Waals surface area contributed by atoms with Crippen LogP contribution in [0.5, 0.6) is 0 Å². The van der Waals surface area contributed by atoms with Crippen molar-refractivity contribution in [3.63, 3.8) is 0 Å². The van der Waals surface area contributed by atoms with Crippen molar-refractivity contribution in [2.45, 2.75) is 45.3 Å². The van der Waals surface area contributed by atoms with Crippen molar-refractivity contribution in [3.05, 3.63) is 0 Å². The molecule has 64 valence electrons. The second-order valence-corrected chi connectivity index (χ2v) is 4.36. The Bertz CT molecular complexity index is 167. The fourth-order valence-electron chi connectivity index (χ4n) is 1.72. The zero-order valence-electron chi connectivity index (χ0n) is 7.62. The van der Waals surface area contributed by atoms with Gasteiger partial charge in [-0.1, -0.05) is 0 Å². The van der Waals surface area contributed by atoms with E-state index in [1.807, 2.05) is 27.7 Å². The van der Waals surface area contributed by atoms with Crippen molar-refractivity contribution in [2.75, 3.05) is 0 Å². The summed E-state index contributed by atoms with van der Waals surface area (Å²) in [4.78, 5) is 11.1. The zero-order valence-corrected chi connectivity index (χ0v) is 7.62. The lowest BCUT2D eigenvalue weighted by molar-refractivity contribution is -0.127. The summed E-state index contributed by atoms with van der Waals surface area (Å²) < 4.78 is 0. The third-order valence-corrected chi connectivity index (χ3v) is 1.71. The average Bonchev–Trinajstić information content (AvgIpc) is 1.49. The molecule has 0 aliphatic carbocycles. The third kappa shape index (κ3) is 2.19. The summed E-state index contributed by atoms with van der Waals surface area (Å²) in [5, 5.41) is 6.19. The molecule has 0 bridgehead atoms. The van der Waals surface area contributed by atoms with Crippen LogP contribution in [0.4, 0.5) is 0 Å². The van der Waals surface area contributed by atoms with Gasteiger partial charge in [-0.3, -0.25) is 10.1 Å². The molecule has 2 N–H and O–H groups in total. The number of nitrogens with one attached hydrogen (secondary N) is 2. The van der Waals surface area contributed by atoms with Crippen LogP contribution >= 0.6 is 0 Å². The molecule has 0 radical (unpaired) electrons. The maximum atomic E-state index is 11.1. The van der Waals surface area contributed by atoms with Crippen LogP contribution in [0.15, 0.2) is 0 Å². The van der Waals surface area contributed by atoms with Crippen LogP contribution < -0.4 is 10.6 Å². The van der Waals surface area contributed by atoms with Crippen molar-refractivity contribution >= 4 is 5.91 Å². The van der Waals surface area contributed by atoms with E-state index < -0.39 is 0 Å². The SMILES string of the molecule is CC1(C)CC(=O)NC(C)(C)N1. The Hall–Kier alpha value is -0.570. The highest BCUT2D eigenvalue weighted by Gasteiger charge is 2.35. The molecule has 1 fully saturated rings. The number of carbonyl (C=O) groups is 1. The molecule has 0 saturated carbocycles. The molecule has 0 aromatic carbocycles. The summed E-state index contributed by atoms with van der Waals surface area (Å²) in [5.74, 6) is 0.124. The van der Waals surface area contributed by atoms with Crippen LogP contribution in [-0.2, 0) is 4.79 Å². The first-order chi connectivity index (χ1) is 4.81. The number of amides is 1. The van der Waals surface area contributed by atoms with E-state index >= 15 is 0 Å². The predicted octanol–water partition coefficient (Wildman–Crippen LogP) is 0.611. The Kier molecular flexibility index (Phi) is 1.71. The van der Waals surface area contributed by atoms with E-state index in [1.54, 1.807) is 0 Å². The van der Waals surface area contributed by atoms with Gasteiger partial charge in [-0.05, 0) is 27.7 Å². The largest absolute Gasteiger partial charge is 0.339 e. The molecule has 0 unspecified atom stereocenters. The number of hydrogen-bond donors (Lipinski definition) is 2. The van der Waals surface area contributed by atoms with Gasteiger partial charge in [0.15, 0.2) is 0 Å². The van der Waals surface area contributed by atoms with Gasteiger partial charge >= 0.3 is 0 Å². The van der Waals surface area contributed by atoms with Gasteiger partial charge in [0.05, 0.1) is 5.66 Å². The lowest BCUT2D eigenvalue weighted by Crippen LogP contribution is -2.67. The second-order valence-electron chi connectivity index (χ2n) is 4.36. The lowest BCUT2D eigenvalue weighted by atomic mass is 9.94. The molecule has 0 atom stereocenters. The summed E-state index contributed by atoms with van der Waals surface area (Å²) in [6, 6.07) is 0. The van der Waals surface area contributed by atoms with E-state index in [2.05, 4.69) is 10.6 Å². The molecule has 1 heterocycles. The Morgan fingerprint density at radius 1 is 1.27 bits per heavy atom. The van der Waals surface area contributed by atoms with Gasteiger partial charge in [-0.2, -0.15) is 0 Å². The van der Waals surface area contributed by atoms with E-state index in [-0.39, 0.29) is 17.1 Å². The summed E-state index contributed by atoms with van der Waals surface area (Å²) >= 11 is 0. The molecule has 0 aromatic heterocycles. The van der Waals surface area contributed by atoms with E-state index in [0.717, 1.165) is 0 Å². The van der Waals surface area contributed by atoms with Crippen molar-refractivity contribution in [2.24, 2.45) is 0 Å². The van der Waals surface area contributed by atoms with Crippen molar-refractivity contribution < 1.29 is 4.79 Å². The van der Waals surface area contributed by atoms with E-state index in [9.17, 15) is 4.79 Å². The van der Waals surface area contributed by atoms with Gasteiger partial charge in [0, 0.05) is 12.0 Å². The van der Waals surface area contributed by atoms with Gasteiger partial charge < -0.3 is 5.32 Å². The van der Waals surface area contributed by atoms with Crippen LogP contribution in [0, 0.1) is 0 Å². The van der Waals surface area contributed by atoms with Crippen LogP contribution in [0.25, 0.3) is 0 Å². The van der Waals surface area contributed by atoms with Crippen LogP contribution in [0.3, 0.4) is 0 Å². The number of rotatable bonds is 0. The predicted molar refractivity (Wildman–Crippen MR) is 44.1 cm³/mol. The third-order valence-electron chi connectivity index (χ3n) is 1.71. The number of carbonyl (C=O) groups excluding carboxylic acids is 1. The Morgan fingerprint density at radius 3 is 2.18 bits per heavy atom. The Balaban J connectivity index is 2.74. The summed E-state index contributed by atoms with van der Waals surface area (Å²) in [7, 11) is 0. The molecule has 0 spiro atoms. The van der Waals surface area contributed by atoms with Crippen LogP contribution in [0.2, 0.25) is 0 Å². The van der Waals surface area contributed by atoms with E-state index in [0.29, 0.717) is 6.42 Å². The lowest BCUT2D eigenvalue weighted by Gasteiger charge is -2.42. The van der Waals surface area contributed by atoms with Crippen LogP contribution in [-0.4, -0.2) is 17.1 Å². The number of hydrogen-bond acceptors (Lipinski definition) is 2. The molecule has 0 aromatic rings. The minimum atomic E-state index is -0.265. The van der Waals surface area contributed by atoms with Gasteiger partial charge in [0.25, 0.3) is 0 Å². The van der Waals surface area contributed by atoms with Gasteiger partial charge in [0.1, 0.15) is 0 Å². The van der Waals surface area contributed by atoms with Crippen molar-refractivity contribution in [1.82, 2.24) is 10.6 Å². The fraction of sp³-hybridized carbons (Fsp3) is 0.875. The maximum absolute atomic E-state index is 11.1. The molecular weight excluding hydrogens is 140 g/mol. The molecule has 1 saturated heterocycles. The summed E-state index contributed by atoms with van der Waals surface area (Å²) in [5.41, 5.74) is -0.343. The highest BCUT2D eigenvalue weighted by Crippen LogP contribution is 2.17. The molecule has 1 amide bonds. The minimum absolute atomic E-state index is 0.0775. The van der Waals surface area contributed by atoms with Crippen molar-refractivity contribution in [1.29, 1.82) is 0 Å². The molecular formula is C8H16N2O. The Morgan fingerprint density at radius 2 is 1.82 bits per heavy atom. The smallest absolute Gasteiger partial charge is 0.223 e. The molecule has 1 aliphatic rings. The van der Waals surface area contributed by atoms with Crippen molar-refractivity contribution in [3.8, 4) is 0 Å². The molecule has 3 nitrogen and oxygen atoms in total. The normalized spacial score (nSPS) is 27.8. The maximum Gasteiger partial charge on any atom is 0.223 e. The fourth-order valence-corrected chi connectivity index (χ4v) is 1.72. The van der Waals surface area contributed by atoms with Gasteiger partial charge in [-0.25, -0.2) is 0 Å². The second kappa shape index (κ2) is 2.21. The highest BCUT2D eigenvalue weighted by molar-refractivity contribution is 5.78. The van der Waals surface area contributed by atoms with Gasteiger partial charge in [-0.15, -0.1) is 0 Å². The quantitative estimate of drug-likeness (QED) is 0.539.